The van der Waals surface area contributed by atoms with Crippen LogP contribution in [0, 0.1) is 19.7 Å². The van der Waals surface area contributed by atoms with E-state index in [1.807, 2.05) is 44.2 Å². The van der Waals surface area contributed by atoms with Gasteiger partial charge in [-0.3, -0.25) is 9.78 Å². The van der Waals surface area contributed by atoms with Gasteiger partial charge in [0.15, 0.2) is 5.69 Å². The number of aryl methyl sites for hydroxylation is 2. The Bertz CT molecular complexity index is 1170. The second-order valence-corrected chi connectivity index (χ2v) is 6.80. The van der Waals surface area contributed by atoms with Crippen LogP contribution >= 0.6 is 0 Å². The van der Waals surface area contributed by atoms with E-state index in [-0.39, 0.29) is 17.4 Å². The standard InChI is InChI=1S/C23H19FN4O/c1-15-5-8-19(12-16(15)2)26-23(29)21-13-22(17-4-3-11-25-14-17)28(27-21)20-9-6-18(24)7-10-20/h3-14H,1-2H3,(H,26,29). The molecule has 0 aliphatic carbocycles. The number of hydrogen-bond donors (Lipinski definition) is 1. The van der Waals surface area contributed by atoms with Gasteiger partial charge in [-0.05, 0) is 79.6 Å². The topological polar surface area (TPSA) is 59.8 Å². The number of pyridine rings is 1. The lowest BCUT2D eigenvalue weighted by Gasteiger charge is -2.07. The van der Waals surface area contributed by atoms with Gasteiger partial charge in [-0.2, -0.15) is 5.10 Å². The highest BCUT2D eigenvalue weighted by Crippen LogP contribution is 2.24. The highest BCUT2D eigenvalue weighted by atomic mass is 19.1. The predicted molar refractivity (Wildman–Crippen MR) is 111 cm³/mol. The molecule has 29 heavy (non-hydrogen) atoms. The number of carbonyl (C=O) groups is 1. The Kier molecular flexibility index (Phi) is 4.91. The molecule has 4 rings (SSSR count). The number of hydrogen-bond acceptors (Lipinski definition) is 3. The third kappa shape index (κ3) is 3.91. The molecule has 0 saturated heterocycles. The van der Waals surface area contributed by atoms with Gasteiger partial charge in [0, 0.05) is 23.6 Å². The third-order valence-corrected chi connectivity index (χ3v) is 4.74. The fourth-order valence-electron chi connectivity index (χ4n) is 3.01. The first kappa shape index (κ1) is 18.6. The Morgan fingerprint density at radius 1 is 1.00 bits per heavy atom. The number of benzene rings is 2. The first-order valence-corrected chi connectivity index (χ1v) is 9.16. The van der Waals surface area contributed by atoms with Crippen LogP contribution in [0.3, 0.4) is 0 Å². The molecule has 2 aromatic heterocycles. The van der Waals surface area contributed by atoms with Crippen molar-refractivity contribution in [1.82, 2.24) is 14.8 Å². The van der Waals surface area contributed by atoms with Crippen LogP contribution in [0.25, 0.3) is 16.9 Å². The minimum absolute atomic E-state index is 0.256. The van der Waals surface area contributed by atoms with E-state index in [2.05, 4.69) is 15.4 Å². The maximum Gasteiger partial charge on any atom is 0.276 e. The van der Waals surface area contributed by atoms with Gasteiger partial charge in [0.25, 0.3) is 5.91 Å². The summed E-state index contributed by atoms with van der Waals surface area (Å²) in [5.74, 6) is -0.657. The predicted octanol–water partition coefficient (Wildman–Crippen LogP) is 4.94. The summed E-state index contributed by atoms with van der Waals surface area (Å²) < 4.78 is 15.0. The van der Waals surface area contributed by atoms with Crippen molar-refractivity contribution in [2.45, 2.75) is 13.8 Å². The summed E-state index contributed by atoms with van der Waals surface area (Å²) in [6.45, 7) is 4.01. The molecule has 0 aliphatic rings. The molecule has 2 heterocycles. The summed E-state index contributed by atoms with van der Waals surface area (Å²) in [6, 6.07) is 17.1. The van der Waals surface area contributed by atoms with Crippen molar-refractivity contribution in [2.75, 3.05) is 5.32 Å². The van der Waals surface area contributed by atoms with Crippen LogP contribution in [0.15, 0.2) is 73.1 Å². The summed E-state index contributed by atoms with van der Waals surface area (Å²) in [7, 11) is 0. The van der Waals surface area contributed by atoms with Gasteiger partial charge in [-0.25, -0.2) is 9.07 Å². The van der Waals surface area contributed by atoms with E-state index in [0.29, 0.717) is 17.1 Å². The maximum atomic E-state index is 13.4. The second-order valence-electron chi connectivity index (χ2n) is 6.80. The zero-order valence-corrected chi connectivity index (χ0v) is 16.1. The molecule has 1 N–H and O–H groups in total. The molecule has 0 radical (unpaired) electrons. The van der Waals surface area contributed by atoms with Crippen LogP contribution in [-0.2, 0) is 0 Å². The zero-order valence-electron chi connectivity index (χ0n) is 16.1. The molecule has 6 heteroatoms. The van der Waals surface area contributed by atoms with E-state index in [1.54, 1.807) is 35.3 Å². The SMILES string of the molecule is Cc1ccc(NC(=O)c2cc(-c3cccnc3)n(-c3ccc(F)cc3)n2)cc1C. The van der Waals surface area contributed by atoms with Gasteiger partial charge in [0.2, 0.25) is 0 Å². The summed E-state index contributed by atoms with van der Waals surface area (Å²) in [4.78, 5) is 17.0. The number of nitrogens with one attached hydrogen (secondary N) is 1. The number of nitrogens with zero attached hydrogens (tertiary/aromatic N) is 3. The fourth-order valence-corrected chi connectivity index (χ4v) is 3.01. The Hall–Kier alpha value is -3.80. The number of amides is 1. The average molecular weight is 386 g/mol. The zero-order chi connectivity index (χ0) is 20.4. The third-order valence-electron chi connectivity index (χ3n) is 4.74. The smallest absolute Gasteiger partial charge is 0.276 e. The number of anilines is 1. The maximum absolute atomic E-state index is 13.4. The Balaban J connectivity index is 1.73. The Morgan fingerprint density at radius 2 is 1.79 bits per heavy atom. The van der Waals surface area contributed by atoms with Crippen molar-refractivity contribution >= 4 is 11.6 Å². The molecule has 0 fully saturated rings. The number of carbonyl (C=O) groups excluding carboxylic acids is 1. The van der Waals surface area contributed by atoms with Gasteiger partial charge in [-0.15, -0.1) is 0 Å². The Labute approximate surface area is 167 Å². The molecule has 4 aromatic rings. The molecule has 0 atom stereocenters. The molecule has 0 saturated carbocycles. The van der Waals surface area contributed by atoms with Crippen LogP contribution in [0.4, 0.5) is 10.1 Å². The molecule has 1 amide bonds. The van der Waals surface area contributed by atoms with Gasteiger partial charge < -0.3 is 5.32 Å². The van der Waals surface area contributed by atoms with Crippen LogP contribution in [-0.4, -0.2) is 20.7 Å². The van der Waals surface area contributed by atoms with Crippen molar-refractivity contribution in [3.05, 3.63) is 95.7 Å². The van der Waals surface area contributed by atoms with Crippen molar-refractivity contribution in [3.63, 3.8) is 0 Å². The normalized spacial score (nSPS) is 10.7. The molecular weight excluding hydrogens is 367 g/mol. The highest BCUT2D eigenvalue weighted by molar-refractivity contribution is 6.03. The summed E-state index contributed by atoms with van der Waals surface area (Å²) in [5.41, 5.74) is 5.35. The summed E-state index contributed by atoms with van der Waals surface area (Å²) >= 11 is 0. The van der Waals surface area contributed by atoms with Crippen molar-refractivity contribution in [3.8, 4) is 16.9 Å². The second kappa shape index (κ2) is 7.67. The largest absolute Gasteiger partial charge is 0.321 e. The van der Waals surface area contributed by atoms with Gasteiger partial charge in [-0.1, -0.05) is 6.07 Å². The Morgan fingerprint density at radius 3 is 2.48 bits per heavy atom. The van der Waals surface area contributed by atoms with Crippen molar-refractivity contribution in [2.24, 2.45) is 0 Å². The molecule has 0 aliphatic heterocycles. The van der Waals surface area contributed by atoms with E-state index in [9.17, 15) is 9.18 Å². The molecule has 5 nitrogen and oxygen atoms in total. The van der Waals surface area contributed by atoms with Crippen LogP contribution in [0.2, 0.25) is 0 Å². The van der Waals surface area contributed by atoms with Crippen molar-refractivity contribution in [1.29, 1.82) is 0 Å². The number of halogens is 1. The lowest BCUT2D eigenvalue weighted by Crippen LogP contribution is -2.13. The molecule has 0 bridgehead atoms. The highest BCUT2D eigenvalue weighted by Gasteiger charge is 2.17. The minimum Gasteiger partial charge on any atom is -0.321 e. The summed E-state index contributed by atoms with van der Waals surface area (Å²) in [5, 5.41) is 7.37. The number of aromatic nitrogens is 3. The fraction of sp³-hybridized carbons (Fsp3) is 0.0870. The van der Waals surface area contributed by atoms with Crippen molar-refractivity contribution < 1.29 is 9.18 Å². The van der Waals surface area contributed by atoms with Gasteiger partial charge in [0.05, 0.1) is 11.4 Å². The van der Waals surface area contributed by atoms with E-state index < -0.39 is 0 Å². The molecule has 0 spiro atoms. The van der Waals surface area contributed by atoms with Gasteiger partial charge in [0.1, 0.15) is 5.82 Å². The first-order chi connectivity index (χ1) is 14.0. The molecular formula is C23H19FN4O. The monoisotopic (exact) mass is 386 g/mol. The average Bonchev–Trinajstić information content (AvgIpc) is 3.18. The quantitative estimate of drug-likeness (QED) is 0.540. The van der Waals surface area contributed by atoms with E-state index in [4.69, 9.17) is 0 Å². The minimum atomic E-state index is -0.337. The van der Waals surface area contributed by atoms with Crippen LogP contribution in [0.5, 0.6) is 0 Å². The number of rotatable bonds is 4. The summed E-state index contributed by atoms with van der Waals surface area (Å²) in [6.07, 6.45) is 3.37. The lowest BCUT2D eigenvalue weighted by atomic mass is 10.1. The molecule has 144 valence electrons. The lowest BCUT2D eigenvalue weighted by molar-refractivity contribution is 0.102. The first-order valence-electron chi connectivity index (χ1n) is 9.16. The van der Waals surface area contributed by atoms with Gasteiger partial charge >= 0.3 is 0 Å². The van der Waals surface area contributed by atoms with E-state index in [1.165, 1.54) is 12.1 Å². The van der Waals surface area contributed by atoms with E-state index in [0.717, 1.165) is 16.7 Å². The van der Waals surface area contributed by atoms with Crippen LogP contribution < -0.4 is 5.32 Å². The van der Waals surface area contributed by atoms with Crippen LogP contribution in [0.1, 0.15) is 21.6 Å². The molecule has 0 unspecified atom stereocenters. The molecule has 2 aromatic carbocycles. The van der Waals surface area contributed by atoms with E-state index >= 15 is 0 Å².